The molecule has 0 saturated heterocycles. The first-order valence-corrected chi connectivity index (χ1v) is 5.18. The van der Waals surface area contributed by atoms with Crippen molar-refractivity contribution in [3.05, 3.63) is 27.5 Å². The Kier molecular flexibility index (Phi) is 2.28. The molecule has 0 aliphatic heterocycles. The second-order valence-corrected chi connectivity index (χ2v) is 4.21. The Morgan fingerprint density at radius 3 is 2.54 bits per heavy atom. The zero-order valence-electron chi connectivity index (χ0n) is 7.11. The Bertz CT molecular complexity index is 349. The number of halogens is 2. The lowest BCUT2D eigenvalue weighted by atomic mass is 9.91. The van der Waals surface area contributed by atoms with E-state index in [0.717, 1.165) is 31.2 Å². The van der Waals surface area contributed by atoms with Gasteiger partial charge in [-0.15, -0.1) is 0 Å². The van der Waals surface area contributed by atoms with Crippen LogP contribution in [0.2, 0.25) is 0 Å². The van der Waals surface area contributed by atoms with Crippen molar-refractivity contribution in [2.24, 2.45) is 0 Å². The van der Waals surface area contributed by atoms with Crippen molar-refractivity contribution in [2.45, 2.75) is 25.7 Å². The van der Waals surface area contributed by atoms with Crippen LogP contribution in [0.15, 0.2) is 10.5 Å². The highest BCUT2D eigenvalue weighted by Gasteiger charge is 2.19. The smallest absolute Gasteiger partial charge is 0.141 e. The van der Waals surface area contributed by atoms with Gasteiger partial charge in [0.05, 0.1) is 4.47 Å². The zero-order chi connectivity index (χ0) is 9.42. The Labute approximate surface area is 84.7 Å². The lowest BCUT2D eigenvalue weighted by Gasteiger charge is -2.18. The first-order valence-electron chi connectivity index (χ1n) is 4.39. The molecular weight excluding hydrogens is 235 g/mol. The van der Waals surface area contributed by atoms with Gasteiger partial charge in [-0.25, -0.2) is 4.39 Å². The number of benzene rings is 1. The summed E-state index contributed by atoms with van der Waals surface area (Å²) in [6.07, 6.45) is 3.60. The van der Waals surface area contributed by atoms with Gasteiger partial charge in [0.25, 0.3) is 0 Å². The van der Waals surface area contributed by atoms with Gasteiger partial charge in [0.2, 0.25) is 0 Å². The van der Waals surface area contributed by atoms with Gasteiger partial charge in [0.15, 0.2) is 0 Å². The average Bonchev–Trinajstić information content (AvgIpc) is 2.15. The molecule has 1 N–H and O–H groups in total. The molecule has 3 heteroatoms. The van der Waals surface area contributed by atoms with Crippen LogP contribution in [0.4, 0.5) is 4.39 Å². The lowest BCUT2D eigenvalue weighted by molar-refractivity contribution is 0.455. The molecule has 0 spiro atoms. The van der Waals surface area contributed by atoms with Gasteiger partial charge in [-0.2, -0.15) is 0 Å². The fraction of sp³-hybridized carbons (Fsp3) is 0.400. The van der Waals surface area contributed by atoms with Gasteiger partial charge in [-0.1, -0.05) is 0 Å². The Hall–Kier alpha value is -0.570. The Balaban J connectivity index is 2.63. The molecule has 0 fully saturated rings. The van der Waals surface area contributed by atoms with Crippen LogP contribution in [0.3, 0.4) is 0 Å². The minimum Gasteiger partial charge on any atom is -0.508 e. The minimum atomic E-state index is -0.201. The fourth-order valence-electron chi connectivity index (χ4n) is 1.84. The van der Waals surface area contributed by atoms with Gasteiger partial charge in [0.1, 0.15) is 11.6 Å². The van der Waals surface area contributed by atoms with Gasteiger partial charge < -0.3 is 5.11 Å². The van der Waals surface area contributed by atoms with Crippen molar-refractivity contribution in [3.8, 4) is 5.75 Å². The van der Waals surface area contributed by atoms with Crippen molar-refractivity contribution in [1.82, 2.24) is 0 Å². The maximum Gasteiger partial charge on any atom is 0.141 e. The molecule has 1 aliphatic carbocycles. The van der Waals surface area contributed by atoms with E-state index in [9.17, 15) is 9.50 Å². The maximum absolute atomic E-state index is 13.5. The van der Waals surface area contributed by atoms with Crippen molar-refractivity contribution in [2.75, 3.05) is 0 Å². The first kappa shape index (κ1) is 9.00. The summed E-state index contributed by atoms with van der Waals surface area (Å²) in [4.78, 5) is 0. The van der Waals surface area contributed by atoms with Crippen molar-refractivity contribution >= 4 is 15.9 Å². The molecule has 0 heterocycles. The van der Waals surface area contributed by atoms with E-state index in [0.29, 0.717) is 10.0 Å². The van der Waals surface area contributed by atoms with Gasteiger partial charge in [-0.3, -0.25) is 0 Å². The lowest BCUT2D eigenvalue weighted by Crippen LogP contribution is -2.06. The molecule has 1 nitrogen and oxygen atoms in total. The average molecular weight is 245 g/mol. The van der Waals surface area contributed by atoms with E-state index >= 15 is 0 Å². The molecule has 1 aliphatic rings. The molecule has 1 aromatic rings. The minimum absolute atomic E-state index is 0.201. The molecule has 0 saturated carbocycles. The highest BCUT2D eigenvalue weighted by atomic mass is 79.9. The van der Waals surface area contributed by atoms with Crippen LogP contribution >= 0.6 is 15.9 Å². The topological polar surface area (TPSA) is 20.2 Å². The third kappa shape index (κ3) is 1.46. The van der Waals surface area contributed by atoms with Gasteiger partial charge >= 0.3 is 0 Å². The van der Waals surface area contributed by atoms with E-state index in [1.807, 2.05) is 0 Å². The molecule has 70 valence electrons. The number of rotatable bonds is 0. The van der Waals surface area contributed by atoms with E-state index in [-0.39, 0.29) is 11.6 Å². The molecule has 0 atom stereocenters. The van der Waals surface area contributed by atoms with E-state index in [1.165, 1.54) is 6.07 Å². The third-order valence-corrected chi connectivity index (χ3v) is 3.09. The number of fused-ring (bicyclic) bond motifs is 1. The second-order valence-electron chi connectivity index (χ2n) is 3.36. The number of hydrogen-bond donors (Lipinski definition) is 1. The summed E-state index contributed by atoms with van der Waals surface area (Å²) in [6, 6.07) is 1.44. The second kappa shape index (κ2) is 3.29. The van der Waals surface area contributed by atoms with E-state index in [4.69, 9.17) is 0 Å². The summed E-state index contributed by atoms with van der Waals surface area (Å²) >= 11 is 3.09. The molecule has 2 rings (SSSR count). The van der Waals surface area contributed by atoms with Crippen LogP contribution in [0, 0.1) is 5.82 Å². The normalized spacial score (nSPS) is 15.5. The van der Waals surface area contributed by atoms with Crippen LogP contribution < -0.4 is 0 Å². The predicted octanol–water partition coefficient (Wildman–Crippen LogP) is 3.17. The van der Waals surface area contributed by atoms with Crippen LogP contribution in [-0.2, 0) is 12.8 Å². The SMILES string of the molecule is Oc1cc(Br)c(F)c2c1CCCC2. The number of phenols is 1. The molecular formula is C10H10BrFO. The quantitative estimate of drug-likeness (QED) is 0.744. The zero-order valence-corrected chi connectivity index (χ0v) is 8.69. The number of hydrogen-bond acceptors (Lipinski definition) is 1. The van der Waals surface area contributed by atoms with E-state index in [1.54, 1.807) is 0 Å². The standard InChI is InChI=1S/C10H10BrFO/c11-8-5-9(13)6-3-1-2-4-7(6)10(8)12/h5,13H,1-4H2. The van der Waals surface area contributed by atoms with Crippen molar-refractivity contribution in [1.29, 1.82) is 0 Å². The largest absolute Gasteiger partial charge is 0.508 e. The van der Waals surface area contributed by atoms with Crippen LogP contribution in [-0.4, -0.2) is 5.11 Å². The molecule has 13 heavy (non-hydrogen) atoms. The summed E-state index contributed by atoms with van der Waals surface area (Å²) in [5, 5.41) is 9.56. The molecule has 1 aromatic carbocycles. The molecule has 0 aromatic heterocycles. The summed E-state index contributed by atoms with van der Waals surface area (Å²) in [7, 11) is 0. The molecule has 0 unspecified atom stereocenters. The molecule has 0 amide bonds. The Morgan fingerprint density at radius 2 is 1.85 bits per heavy atom. The number of phenolic OH excluding ortho intramolecular Hbond substituents is 1. The number of aromatic hydroxyl groups is 1. The van der Waals surface area contributed by atoms with E-state index < -0.39 is 0 Å². The van der Waals surface area contributed by atoms with Crippen LogP contribution in [0.5, 0.6) is 5.75 Å². The maximum atomic E-state index is 13.5. The van der Waals surface area contributed by atoms with Crippen molar-refractivity contribution in [3.63, 3.8) is 0 Å². The summed E-state index contributed by atoms with van der Waals surface area (Å²) in [6.45, 7) is 0. The highest BCUT2D eigenvalue weighted by molar-refractivity contribution is 9.10. The summed E-state index contributed by atoms with van der Waals surface area (Å²) in [5.41, 5.74) is 1.49. The van der Waals surface area contributed by atoms with E-state index in [2.05, 4.69) is 15.9 Å². The predicted molar refractivity (Wildman–Crippen MR) is 52.4 cm³/mol. The van der Waals surface area contributed by atoms with Gasteiger partial charge in [0, 0.05) is 5.56 Å². The summed E-state index contributed by atoms with van der Waals surface area (Å²) in [5.74, 6) is 0.0236. The van der Waals surface area contributed by atoms with Crippen molar-refractivity contribution < 1.29 is 9.50 Å². The van der Waals surface area contributed by atoms with Crippen LogP contribution in [0.1, 0.15) is 24.0 Å². The third-order valence-electron chi connectivity index (χ3n) is 2.52. The van der Waals surface area contributed by atoms with Crippen LogP contribution in [0.25, 0.3) is 0 Å². The first-order chi connectivity index (χ1) is 6.20. The highest BCUT2D eigenvalue weighted by Crippen LogP contribution is 2.34. The van der Waals surface area contributed by atoms with Gasteiger partial charge in [-0.05, 0) is 53.2 Å². The Morgan fingerprint density at radius 1 is 1.23 bits per heavy atom. The molecule has 0 bridgehead atoms. The monoisotopic (exact) mass is 244 g/mol. The summed E-state index contributed by atoms with van der Waals surface area (Å²) < 4.78 is 13.9. The fourth-order valence-corrected chi connectivity index (χ4v) is 2.30. The molecule has 0 radical (unpaired) electrons.